The van der Waals surface area contributed by atoms with E-state index < -0.39 is 10.8 Å². The second kappa shape index (κ2) is 7.94. The highest BCUT2D eigenvalue weighted by Gasteiger charge is 2.20. The lowest BCUT2D eigenvalue weighted by molar-refractivity contribution is -0.385. The van der Waals surface area contributed by atoms with Crippen molar-refractivity contribution in [2.75, 3.05) is 20.3 Å². The Labute approximate surface area is 156 Å². The van der Waals surface area contributed by atoms with Gasteiger partial charge in [-0.1, -0.05) is 6.07 Å². The number of nitro groups is 1. The highest BCUT2D eigenvalue weighted by molar-refractivity contribution is 5.95. The van der Waals surface area contributed by atoms with Gasteiger partial charge in [-0.25, -0.2) is 0 Å². The lowest BCUT2D eigenvalue weighted by Gasteiger charge is -2.16. The van der Waals surface area contributed by atoms with Crippen molar-refractivity contribution in [3.05, 3.63) is 57.6 Å². The molecule has 8 heteroatoms. The summed E-state index contributed by atoms with van der Waals surface area (Å²) in [6, 6.07) is 9.28. The number of fused-ring (bicyclic) bond motifs is 1. The lowest BCUT2D eigenvalue weighted by atomic mass is 10.1. The SMILES string of the molecule is COc1ccc(C(=O)N[C@@H](C)c2ccc3c(c2)OCCCO3)cc1[N+](=O)[O-]. The van der Waals surface area contributed by atoms with Crippen molar-refractivity contribution in [3.63, 3.8) is 0 Å². The summed E-state index contributed by atoms with van der Waals surface area (Å²) in [5.74, 6) is 1.01. The summed E-state index contributed by atoms with van der Waals surface area (Å²) in [5.41, 5.74) is 0.771. The molecule has 0 bridgehead atoms. The quantitative estimate of drug-likeness (QED) is 0.639. The third-order valence-electron chi connectivity index (χ3n) is 4.26. The van der Waals surface area contributed by atoms with Crippen molar-refractivity contribution in [1.82, 2.24) is 5.32 Å². The molecular weight excluding hydrogens is 352 g/mol. The Morgan fingerprint density at radius 2 is 1.93 bits per heavy atom. The second-order valence-electron chi connectivity index (χ2n) is 6.10. The van der Waals surface area contributed by atoms with Gasteiger partial charge in [0.1, 0.15) is 0 Å². The van der Waals surface area contributed by atoms with Crippen LogP contribution in [0.25, 0.3) is 0 Å². The van der Waals surface area contributed by atoms with Crippen LogP contribution in [0.1, 0.15) is 35.3 Å². The number of methoxy groups -OCH3 is 1. The van der Waals surface area contributed by atoms with Crippen molar-refractivity contribution in [1.29, 1.82) is 0 Å². The molecule has 0 aliphatic carbocycles. The summed E-state index contributed by atoms with van der Waals surface area (Å²) in [6.07, 6.45) is 0.812. The Morgan fingerprint density at radius 3 is 2.63 bits per heavy atom. The molecular formula is C19H20N2O6. The van der Waals surface area contributed by atoms with Gasteiger partial charge in [-0.15, -0.1) is 0 Å². The first-order valence-corrected chi connectivity index (χ1v) is 8.52. The van der Waals surface area contributed by atoms with Crippen LogP contribution in [-0.4, -0.2) is 31.2 Å². The second-order valence-corrected chi connectivity index (χ2v) is 6.10. The third kappa shape index (κ3) is 4.11. The maximum absolute atomic E-state index is 12.5. The van der Waals surface area contributed by atoms with E-state index in [2.05, 4.69) is 5.32 Å². The molecule has 1 atom stereocenters. The molecule has 0 saturated carbocycles. The van der Waals surface area contributed by atoms with Crippen LogP contribution >= 0.6 is 0 Å². The van der Waals surface area contributed by atoms with E-state index in [1.165, 1.54) is 25.3 Å². The summed E-state index contributed by atoms with van der Waals surface area (Å²) < 4.78 is 16.2. The van der Waals surface area contributed by atoms with Crippen LogP contribution < -0.4 is 19.5 Å². The molecule has 1 heterocycles. The summed E-state index contributed by atoms with van der Waals surface area (Å²) in [5, 5.41) is 14.0. The van der Waals surface area contributed by atoms with Gasteiger partial charge in [0.25, 0.3) is 5.91 Å². The van der Waals surface area contributed by atoms with E-state index in [0.29, 0.717) is 24.7 Å². The van der Waals surface area contributed by atoms with Crippen molar-refractivity contribution in [3.8, 4) is 17.2 Å². The van der Waals surface area contributed by atoms with Gasteiger partial charge in [-0.05, 0) is 36.8 Å². The number of ether oxygens (including phenoxy) is 3. The molecule has 8 nitrogen and oxygen atoms in total. The average Bonchev–Trinajstić information content (AvgIpc) is 2.92. The molecule has 2 aromatic rings. The van der Waals surface area contributed by atoms with E-state index in [9.17, 15) is 14.9 Å². The monoisotopic (exact) mass is 372 g/mol. The number of amides is 1. The minimum Gasteiger partial charge on any atom is -0.490 e. The van der Waals surface area contributed by atoms with Gasteiger partial charge >= 0.3 is 5.69 Å². The van der Waals surface area contributed by atoms with Gasteiger partial charge in [0.15, 0.2) is 17.2 Å². The van der Waals surface area contributed by atoms with Gasteiger partial charge in [-0.2, -0.15) is 0 Å². The van der Waals surface area contributed by atoms with E-state index in [1.807, 2.05) is 25.1 Å². The molecule has 1 aliphatic heterocycles. The van der Waals surface area contributed by atoms with Crippen molar-refractivity contribution >= 4 is 11.6 Å². The largest absolute Gasteiger partial charge is 0.490 e. The van der Waals surface area contributed by atoms with Crippen molar-refractivity contribution in [2.45, 2.75) is 19.4 Å². The smallest absolute Gasteiger partial charge is 0.311 e. The van der Waals surface area contributed by atoms with Crippen LogP contribution in [0.15, 0.2) is 36.4 Å². The van der Waals surface area contributed by atoms with Crippen LogP contribution in [0, 0.1) is 10.1 Å². The number of nitrogens with one attached hydrogen (secondary N) is 1. The molecule has 0 saturated heterocycles. The summed E-state index contributed by atoms with van der Waals surface area (Å²) in [6.45, 7) is 3.01. The van der Waals surface area contributed by atoms with Crippen LogP contribution in [0.2, 0.25) is 0 Å². The number of benzene rings is 2. The molecule has 0 fully saturated rings. The fourth-order valence-electron chi connectivity index (χ4n) is 2.79. The normalized spacial score (nSPS) is 14.0. The zero-order valence-electron chi connectivity index (χ0n) is 15.1. The standard InChI is InChI=1S/C19H20N2O6/c1-12(13-4-7-17-18(11-13)27-9-3-8-26-17)20-19(22)14-5-6-16(25-2)15(10-14)21(23)24/h4-7,10-12H,3,8-9H2,1-2H3,(H,20,22)/t12-/m0/s1. The van der Waals surface area contributed by atoms with Crippen LogP contribution in [0.3, 0.4) is 0 Å². The predicted octanol–water partition coefficient (Wildman–Crippen LogP) is 3.26. The molecule has 0 aromatic heterocycles. The first-order chi connectivity index (χ1) is 13.0. The number of nitrogens with zero attached hydrogens (tertiary/aromatic N) is 1. The van der Waals surface area contributed by atoms with E-state index in [4.69, 9.17) is 14.2 Å². The summed E-state index contributed by atoms with van der Waals surface area (Å²) in [4.78, 5) is 23.1. The Morgan fingerprint density at radius 1 is 1.19 bits per heavy atom. The van der Waals surface area contributed by atoms with E-state index in [-0.39, 0.29) is 23.0 Å². The highest BCUT2D eigenvalue weighted by atomic mass is 16.6. The van der Waals surface area contributed by atoms with Gasteiger partial charge in [0.05, 0.1) is 31.3 Å². The molecule has 1 amide bonds. The maximum atomic E-state index is 12.5. The Bertz CT molecular complexity index is 867. The molecule has 142 valence electrons. The molecule has 3 rings (SSSR count). The number of carbonyl (C=O) groups excluding carboxylic acids is 1. The molecule has 1 aliphatic rings. The number of nitro benzene ring substituents is 1. The lowest BCUT2D eigenvalue weighted by Crippen LogP contribution is -2.26. The molecule has 0 unspecified atom stereocenters. The Kier molecular flexibility index (Phi) is 5.44. The van der Waals surface area contributed by atoms with Crippen molar-refractivity contribution in [2.24, 2.45) is 0 Å². The van der Waals surface area contributed by atoms with Gasteiger partial charge in [0.2, 0.25) is 0 Å². The van der Waals surface area contributed by atoms with Gasteiger partial charge < -0.3 is 19.5 Å². The van der Waals surface area contributed by atoms with E-state index in [1.54, 1.807) is 0 Å². The number of hydrogen-bond acceptors (Lipinski definition) is 6. The molecule has 2 aromatic carbocycles. The van der Waals surface area contributed by atoms with Gasteiger partial charge in [0, 0.05) is 18.1 Å². The number of hydrogen-bond donors (Lipinski definition) is 1. The minimum atomic E-state index is -0.581. The predicted molar refractivity (Wildman–Crippen MR) is 97.6 cm³/mol. The molecule has 0 radical (unpaired) electrons. The van der Waals surface area contributed by atoms with Crippen molar-refractivity contribution < 1.29 is 23.9 Å². The van der Waals surface area contributed by atoms with Gasteiger partial charge in [-0.3, -0.25) is 14.9 Å². The summed E-state index contributed by atoms with van der Waals surface area (Å²) >= 11 is 0. The first-order valence-electron chi connectivity index (χ1n) is 8.52. The fraction of sp³-hybridized carbons (Fsp3) is 0.316. The minimum absolute atomic E-state index is 0.104. The highest BCUT2D eigenvalue weighted by Crippen LogP contribution is 2.32. The number of rotatable bonds is 5. The first kappa shape index (κ1) is 18.5. The Balaban J connectivity index is 1.77. The molecule has 0 spiro atoms. The zero-order chi connectivity index (χ0) is 19.4. The summed E-state index contributed by atoms with van der Waals surface area (Å²) in [7, 11) is 1.34. The van der Waals surface area contributed by atoms with E-state index in [0.717, 1.165) is 12.0 Å². The Hall–Kier alpha value is -3.29. The van der Waals surface area contributed by atoms with Crippen LogP contribution in [0.5, 0.6) is 17.2 Å². The third-order valence-corrected chi connectivity index (χ3v) is 4.26. The van der Waals surface area contributed by atoms with Crippen LogP contribution in [-0.2, 0) is 0 Å². The molecule has 27 heavy (non-hydrogen) atoms. The number of carbonyl (C=O) groups is 1. The van der Waals surface area contributed by atoms with Crippen LogP contribution in [0.4, 0.5) is 5.69 Å². The van der Waals surface area contributed by atoms with E-state index >= 15 is 0 Å². The fourth-order valence-corrected chi connectivity index (χ4v) is 2.79. The average molecular weight is 372 g/mol. The molecule has 1 N–H and O–H groups in total. The maximum Gasteiger partial charge on any atom is 0.311 e. The zero-order valence-corrected chi connectivity index (χ0v) is 15.1. The topological polar surface area (TPSA) is 99.9 Å².